The first-order valence-corrected chi connectivity index (χ1v) is 9.92. The topological polar surface area (TPSA) is 55.4 Å². The summed E-state index contributed by atoms with van der Waals surface area (Å²) in [7, 11) is -3.48. The molecule has 0 aromatic heterocycles. The quantitative estimate of drug-likeness (QED) is 0.690. The summed E-state index contributed by atoms with van der Waals surface area (Å²) in [5.74, 6) is 0.573. The van der Waals surface area contributed by atoms with Gasteiger partial charge in [0.2, 0.25) is 10.0 Å². The summed E-state index contributed by atoms with van der Waals surface area (Å²) >= 11 is 0. The molecule has 0 amide bonds. The number of hydrogen-bond acceptors (Lipinski definition) is 3. The van der Waals surface area contributed by atoms with Crippen LogP contribution < -0.4 is 9.46 Å². The molecule has 4 nitrogen and oxygen atoms in total. The lowest BCUT2D eigenvalue weighted by Gasteiger charge is -2.11. The number of fused-ring (bicyclic) bond motifs is 1. The molecule has 0 fully saturated rings. The van der Waals surface area contributed by atoms with Crippen molar-refractivity contribution in [2.75, 3.05) is 17.1 Å². The predicted molar refractivity (Wildman–Crippen MR) is 103 cm³/mol. The molecule has 0 radical (unpaired) electrons. The normalized spacial score (nSPS) is 11.4. The molecule has 0 saturated carbocycles. The van der Waals surface area contributed by atoms with E-state index in [4.69, 9.17) is 4.74 Å². The summed E-state index contributed by atoms with van der Waals surface area (Å²) in [6.45, 7) is 2.19. The van der Waals surface area contributed by atoms with Crippen LogP contribution >= 0.6 is 0 Å². The van der Waals surface area contributed by atoms with Crippen molar-refractivity contribution in [3.63, 3.8) is 0 Å². The summed E-state index contributed by atoms with van der Waals surface area (Å²) in [6.07, 6.45) is 0.962. The van der Waals surface area contributed by atoms with Gasteiger partial charge in [-0.1, -0.05) is 55.5 Å². The number of hydrogen-bond donors (Lipinski definition) is 1. The first kappa shape index (κ1) is 17.3. The van der Waals surface area contributed by atoms with Gasteiger partial charge in [-0.15, -0.1) is 0 Å². The minimum Gasteiger partial charge on any atom is -0.492 e. The lowest BCUT2D eigenvalue weighted by Crippen LogP contribution is -2.21. The van der Waals surface area contributed by atoms with Crippen LogP contribution in [-0.4, -0.2) is 20.8 Å². The molecule has 0 aliphatic carbocycles. The lowest BCUT2D eigenvalue weighted by atomic mass is 10.1. The Hall–Kier alpha value is -2.53. The van der Waals surface area contributed by atoms with Crippen LogP contribution in [0.1, 0.15) is 12.5 Å². The molecule has 0 saturated heterocycles. The average molecular weight is 355 g/mol. The standard InChI is InChI=1S/C20H21NO3S/c1-2-16-10-12-18(13-11-16)24-14-15-25(22,23)21-20-9-5-7-17-6-3-4-8-19(17)20/h3-13,21H,2,14-15H2,1H3. The van der Waals surface area contributed by atoms with Gasteiger partial charge in [-0.25, -0.2) is 8.42 Å². The first-order valence-electron chi connectivity index (χ1n) is 8.27. The molecule has 25 heavy (non-hydrogen) atoms. The number of nitrogens with one attached hydrogen (secondary N) is 1. The molecule has 0 spiro atoms. The zero-order valence-corrected chi connectivity index (χ0v) is 14.9. The molecule has 0 aliphatic rings. The van der Waals surface area contributed by atoms with Crippen molar-refractivity contribution in [2.24, 2.45) is 0 Å². The molecule has 0 aliphatic heterocycles. The highest BCUT2D eigenvalue weighted by molar-refractivity contribution is 7.92. The summed E-state index contributed by atoms with van der Waals surface area (Å²) in [5.41, 5.74) is 1.81. The van der Waals surface area contributed by atoms with E-state index in [1.807, 2.05) is 60.7 Å². The van der Waals surface area contributed by atoms with Crippen molar-refractivity contribution in [2.45, 2.75) is 13.3 Å². The Morgan fingerprint density at radius 2 is 1.64 bits per heavy atom. The fourth-order valence-corrected chi connectivity index (χ4v) is 3.54. The maximum atomic E-state index is 12.3. The maximum absolute atomic E-state index is 12.3. The summed E-state index contributed by atoms with van der Waals surface area (Å²) in [5, 5.41) is 1.87. The molecule has 1 N–H and O–H groups in total. The van der Waals surface area contributed by atoms with Gasteiger partial charge in [-0.2, -0.15) is 0 Å². The number of aryl methyl sites for hydroxylation is 1. The zero-order valence-electron chi connectivity index (χ0n) is 14.1. The van der Waals surface area contributed by atoms with E-state index in [0.29, 0.717) is 11.4 Å². The molecule has 5 heteroatoms. The van der Waals surface area contributed by atoms with Gasteiger partial charge in [-0.3, -0.25) is 4.72 Å². The average Bonchev–Trinajstić information content (AvgIpc) is 2.62. The second-order valence-corrected chi connectivity index (χ2v) is 7.64. The van der Waals surface area contributed by atoms with Crippen LogP contribution in [0.3, 0.4) is 0 Å². The third-order valence-corrected chi connectivity index (χ3v) is 5.24. The predicted octanol–water partition coefficient (Wildman–Crippen LogP) is 4.22. The molecule has 3 aromatic carbocycles. The number of anilines is 1. The van der Waals surface area contributed by atoms with Crippen LogP contribution in [0.4, 0.5) is 5.69 Å². The van der Waals surface area contributed by atoms with Crippen molar-refractivity contribution < 1.29 is 13.2 Å². The van der Waals surface area contributed by atoms with Crippen LogP contribution in [0, 0.1) is 0 Å². The minimum atomic E-state index is -3.48. The van der Waals surface area contributed by atoms with Crippen LogP contribution in [0.5, 0.6) is 5.75 Å². The fraction of sp³-hybridized carbons (Fsp3) is 0.200. The van der Waals surface area contributed by atoms with Crippen LogP contribution in [0.2, 0.25) is 0 Å². The van der Waals surface area contributed by atoms with Gasteiger partial charge >= 0.3 is 0 Å². The summed E-state index contributed by atoms with van der Waals surface area (Å²) < 4.78 is 32.9. The zero-order chi connectivity index (χ0) is 17.7. The number of ether oxygens (including phenoxy) is 1. The van der Waals surface area contributed by atoms with Crippen LogP contribution in [0.15, 0.2) is 66.7 Å². The van der Waals surface area contributed by atoms with Gasteiger partial charge in [0.25, 0.3) is 0 Å². The van der Waals surface area contributed by atoms with Crippen molar-refractivity contribution in [3.05, 3.63) is 72.3 Å². The molecular formula is C20H21NO3S. The van der Waals surface area contributed by atoms with E-state index < -0.39 is 10.0 Å². The third kappa shape index (κ3) is 4.51. The molecule has 3 aromatic rings. The lowest BCUT2D eigenvalue weighted by molar-refractivity contribution is 0.341. The molecule has 0 bridgehead atoms. The number of benzene rings is 3. The Labute approximate surface area is 148 Å². The van der Waals surface area contributed by atoms with Crippen molar-refractivity contribution in [3.8, 4) is 5.75 Å². The Bertz CT molecular complexity index is 945. The SMILES string of the molecule is CCc1ccc(OCCS(=O)(=O)Nc2cccc3ccccc23)cc1. The highest BCUT2D eigenvalue weighted by Crippen LogP contribution is 2.24. The van der Waals surface area contributed by atoms with Crippen LogP contribution in [-0.2, 0) is 16.4 Å². The van der Waals surface area contributed by atoms with Gasteiger partial charge in [0.1, 0.15) is 18.1 Å². The summed E-state index contributed by atoms with van der Waals surface area (Å²) in [6, 6.07) is 20.9. The Kier molecular flexibility index (Phi) is 5.24. The second-order valence-electron chi connectivity index (χ2n) is 5.79. The molecule has 0 heterocycles. The van der Waals surface area contributed by atoms with Crippen LogP contribution in [0.25, 0.3) is 10.8 Å². The van der Waals surface area contributed by atoms with Gasteiger partial charge < -0.3 is 4.74 Å². The Balaban J connectivity index is 1.63. The second kappa shape index (κ2) is 7.57. The largest absolute Gasteiger partial charge is 0.492 e. The Morgan fingerprint density at radius 3 is 2.40 bits per heavy atom. The van der Waals surface area contributed by atoms with Gasteiger partial charge in [0.15, 0.2) is 0 Å². The van der Waals surface area contributed by atoms with Crippen molar-refractivity contribution in [1.82, 2.24) is 0 Å². The van der Waals surface area contributed by atoms with Gasteiger partial charge in [0, 0.05) is 5.39 Å². The third-order valence-electron chi connectivity index (χ3n) is 4.01. The molecule has 130 valence electrons. The highest BCUT2D eigenvalue weighted by Gasteiger charge is 2.12. The number of rotatable bonds is 7. The van der Waals surface area contributed by atoms with Crippen molar-refractivity contribution >= 4 is 26.5 Å². The molecule has 0 unspecified atom stereocenters. The van der Waals surface area contributed by atoms with E-state index in [2.05, 4.69) is 11.6 Å². The first-order chi connectivity index (χ1) is 12.1. The van der Waals surface area contributed by atoms with E-state index in [1.165, 1.54) is 5.56 Å². The number of sulfonamides is 1. The van der Waals surface area contributed by atoms with E-state index in [9.17, 15) is 8.42 Å². The molecule has 0 atom stereocenters. The maximum Gasteiger partial charge on any atom is 0.236 e. The van der Waals surface area contributed by atoms with E-state index in [1.54, 1.807) is 6.07 Å². The summed E-state index contributed by atoms with van der Waals surface area (Å²) in [4.78, 5) is 0. The highest BCUT2D eigenvalue weighted by atomic mass is 32.2. The minimum absolute atomic E-state index is 0.103. The monoisotopic (exact) mass is 355 g/mol. The van der Waals surface area contributed by atoms with E-state index >= 15 is 0 Å². The van der Waals surface area contributed by atoms with Crippen molar-refractivity contribution in [1.29, 1.82) is 0 Å². The van der Waals surface area contributed by atoms with E-state index in [0.717, 1.165) is 17.2 Å². The Morgan fingerprint density at radius 1 is 0.920 bits per heavy atom. The van der Waals surface area contributed by atoms with E-state index in [-0.39, 0.29) is 12.4 Å². The molecule has 3 rings (SSSR count). The van der Waals surface area contributed by atoms with Gasteiger partial charge in [0.05, 0.1) is 5.69 Å². The molecular weight excluding hydrogens is 334 g/mol. The smallest absolute Gasteiger partial charge is 0.236 e. The van der Waals surface area contributed by atoms with Gasteiger partial charge in [-0.05, 0) is 35.6 Å². The fourth-order valence-electron chi connectivity index (χ4n) is 2.62.